The van der Waals surface area contributed by atoms with Crippen molar-refractivity contribution in [2.45, 2.75) is 63.6 Å². The molecule has 2 aliphatic heterocycles. The predicted octanol–water partition coefficient (Wildman–Crippen LogP) is 3.61. The summed E-state index contributed by atoms with van der Waals surface area (Å²) in [7, 11) is 0. The second-order valence-corrected chi connectivity index (χ2v) is 6.90. The molecular formula is C20H28N2O. The van der Waals surface area contributed by atoms with Crippen molar-refractivity contribution >= 4 is 12.0 Å². The molecule has 0 aromatic heterocycles. The van der Waals surface area contributed by atoms with E-state index in [1.807, 2.05) is 36.4 Å². The van der Waals surface area contributed by atoms with E-state index >= 15 is 0 Å². The number of benzene rings is 1. The largest absolute Gasteiger partial charge is 0.350 e. The first kappa shape index (κ1) is 16.3. The molecule has 1 aromatic carbocycles. The summed E-state index contributed by atoms with van der Waals surface area (Å²) in [5, 5.41) is 3.23. The van der Waals surface area contributed by atoms with Crippen molar-refractivity contribution in [3.8, 4) is 0 Å². The van der Waals surface area contributed by atoms with Crippen molar-refractivity contribution in [2.24, 2.45) is 0 Å². The molecule has 2 atom stereocenters. The maximum absolute atomic E-state index is 12.2. The normalized spacial score (nSPS) is 28.0. The van der Waals surface area contributed by atoms with Gasteiger partial charge in [0, 0.05) is 24.2 Å². The number of amides is 1. The van der Waals surface area contributed by atoms with Gasteiger partial charge in [0.15, 0.2) is 0 Å². The average molecular weight is 312 g/mol. The van der Waals surface area contributed by atoms with Crippen LogP contribution in [0.25, 0.3) is 6.08 Å². The van der Waals surface area contributed by atoms with Crippen molar-refractivity contribution in [2.75, 3.05) is 6.54 Å². The number of nitrogens with zero attached hydrogens (tertiary/aromatic N) is 1. The first-order valence-electron chi connectivity index (χ1n) is 9.05. The molecule has 3 nitrogen and oxygen atoms in total. The van der Waals surface area contributed by atoms with Gasteiger partial charge >= 0.3 is 0 Å². The Hall–Kier alpha value is -1.61. The number of rotatable bonds is 5. The van der Waals surface area contributed by atoms with Gasteiger partial charge in [0.2, 0.25) is 5.91 Å². The molecule has 1 N–H and O–H groups in total. The Kier molecular flexibility index (Phi) is 5.50. The molecule has 0 spiro atoms. The Bertz CT molecular complexity index is 526. The number of hydrogen-bond acceptors (Lipinski definition) is 2. The van der Waals surface area contributed by atoms with Gasteiger partial charge < -0.3 is 5.32 Å². The molecular weight excluding hydrogens is 284 g/mol. The lowest BCUT2D eigenvalue weighted by atomic mass is 9.81. The molecule has 1 amide bonds. The molecule has 2 aliphatic rings. The fourth-order valence-electron chi connectivity index (χ4n) is 4.21. The Morgan fingerprint density at radius 1 is 1.22 bits per heavy atom. The summed E-state index contributed by atoms with van der Waals surface area (Å²) in [4.78, 5) is 14.9. The highest BCUT2D eigenvalue weighted by Crippen LogP contribution is 2.34. The highest BCUT2D eigenvalue weighted by molar-refractivity contribution is 5.91. The van der Waals surface area contributed by atoms with Gasteiger partial charge in [0.1, 0.15) is 0 Å². The minimum absolute atomic E-state index is 0.0425. The number of piperidine rings is 2. The van der Waals surface area contributed by atoms with E-state index < -0.39 is 0 Å². The Morgan fingerprint density at radius 2 is 1.91 bits per heavy atom. The zero-order valence-electron chi connectivity index (χ0n) is 14.1. The van der Waals surface area contributed by atoms with Crippen LogP contribution in [0.15, 0.2) is 36.4 Å². The summed E-state index contributed by atoms with van der Waals surface area (Å²) in [5.41, 5.74) is 1.07. The standard InChI is InChI=1S/C20H28N2O/c1-2-13-22-18-9-6-10-19(22)15-17(14-18)21-20(23)12-11-16-7-4-3-5-8-16/h3-5,7-8,11-12,17-19H,2,6,9-10,13-15H2,1H3,(H,21,23)/b12-11+/t18-,19-/m1/s1. The molecule has 23 heavy (non-hydrogen) atoms. The van der Waals surface area contributed by atoms with Gasteiger partial charge in [-0.2, -0.15) is 0 Å². The van der Waals surface area contributed by atoms with Crippen LogP contribution < -0.4 is 5.32 Å². The van der Waals surface area contributed by atoms with E-state index in [1.165, 1.54) is 32.2 Å². The smallest absolute Gasteiger partial charge is 0.244 e. The zero-order chi connectivity index (χ0) is 16.1. The zero-order valence-corrected chi connectivity index (χ0v) is 14.1. The molecule has 0 radical (unpaired) electrons. The van der Waals surface area contributed by atoms with Gasteiger partial charge in [-0.15, -0.1) is 0 Å². The quantitative estimate of drug-likeness (QED) is 0.842. The maximum atomic E-state index is 12.2. The first-order chi connectivity index (χ1) is 11.3. The molecule has 3 rings (SSSR count). The molecule has 0 unspecified atom stereocenters. The van der Waals surface area contributed by atoms with Crippen LogP contribution in [0.3, 0.4) is 0 Å². The molecule has 2 saturated heterocycles. The summed E-state index contributed by atoms with van der Waals surface area (Å²) in [5.74, 6) is 0.0425. The van der Waals surface area contributed by atoms with Crippen LogP contribution in [-0.4, -0.2) is 35.5 Å². The van der Waals surface area contributed by atoms with Crippen molar-refractivity contribution in [3.05, 3.63) is 42.0 Å². The monoisotopic (exact) mass is 312 g/mol. The predicted molar refractivity (Wildman–Crippen MR) is 95.1 cm³/mol. The third-order valence-corrected chi connectivity index (χ3v) is 5.18. The molecule has 2 heterocycles. The van der Waals surface area contributed by atoms with Crippen LogP contribution in [0.4, 0.5) is 0 Å². The number of carbonyl (C=O) groups is 1. The Balaban J connectivity index is 1.55. The number of nitrogens with one attached hydrogen (secondary N) is 1. The fourth-order valence-corrected chi connectivity index (χ4v) is 4.21. The van der Waals surface area contributed by atoms with Gasteiger partial charge in [-0.1, -0.05) is 43.7 Å². The highest BCUT2D eigenvalue weighted by atomic mass is 16.1. The van der Waals surface area contributed by atoms with E-state index in [0.717, 1.165) is 18.4 Å². The maximum Gasteiger partial charge on any atom is 0.244 e. The van der Waals surface area contributed by atoms with Gasteiger partial charge in [-0.05, 0) is 50.3 Å². The summed E-state index contributed by atoms with van der Waals surface area (Å²) in [6, 6.07) is 11.7. The van der Waals surface area contributed by atoms with Gasteiger partial charge in [-0.3, -0.25) is 9.69 Å². The van der Waals surface area contributed by atoms with E-state index in [2.05, 4.69) is 17.1 Å². The molecule has 0 aliphatic carbocycles. The third-order valence-electron chi connectivity index (χ3n) is 5.18. The van der Waals surface area contributed by atoms with Crippen LogP contribution in [-0.2, 0) is 4.79 Å². The molecule has 1 aromatic rings. The average Bonchev–Trinajstić information content (AvgIpc) is 2.55. The minimum Gasteiger partial charge on any atom is -0.350 e. The topological polar surface area (TPSA) is 32.3 Å². The number of carbonyl (C=O) groups excluding carboxylic acids is 1. The molecule has 2 bridgehead atoms. The van der Waals surface area contributed by atoms with Crippen LogP contribution in [0.2, 0.25) is 0 Å². The molecule has 3 heteroatoms. The van der Waals surface area contributed by atoms with Crippen molar-refractivity contribution in [1.29, 1.82) is 0 Å². The summed E-state index contributed by atoms with van der Waals surface area (Å²) in [6.07, 6.45) is 11.0. The van der Waals surface area contributed by atoms with Crippen molar-refractivity contribution < 1.29 is 4.79 Å². The number of hydrogen-bond donors (Lipinski definition) is 1. The van der Waals surface area contributed by atoms with E-state index in [0.29, 0.717) is 18.1 Å². The fraction of sp³-hybridized carbons (Fsp3) is 0.550. The minimum atomic E-state index is 0.0425. The molecule has 124 valence electrons. The lowest BCUT2D eigenvalue weighted by Gasteiger charge is -2.49. The van der Waals surface area contributed by atoms with Crippen molar-refractivity contribution in [1.82, 2.24) is 10.2 Å². The second kappa shape index (κ2) is 7.78. The van der Waals surface area contributed by atoms with E-state index in [1.54, 1.807) is 6.08 Å². The van der Waals surface area contributed by atoms with E-state index in [4.69, 9.17) is 0 Å². The van der Waals surface area contributed by atoms with E-state index in [-0.39, 0.29) is 5.91 Å². The lowest BCUT2D eigenvalue weighted by Crippen LogP contribution is -2.56. The van der Waals surface area contributed by atoms with Gasteiger partial charge in [0.05, 0.1) is 0 Å². The lowest BCUT2D eigenvalue weighted by molar-refractivity contribution is -0.118. The summed E-state index contributed by atoms with van der Waals surface area (Å²) in [6.45, 7) is 3.47. The number of fused-ring (bicyclic) bond motifs is 2. The van der Waals surface area contributed by atoms with Crippen LogP contribution in [0, 0.1) is 0 Å². The SMILES string of the molecule is CCCN1[C@@H]2CCC[C@@H]1CC(NC(=O)/C=C/c1ccccc1)C2. The second-order valence-electron chi connectivity index (χ2n) is 6.90. The third kappa shape index (κ3) is 4.23. The summed E-state index contributed by atoms with van der Waals surface area (Å²) >= 11 is 0. The van der Waals surface area contributed by atoms with Crippen LogP contribution in [0.5, 0.6) is 0 Å². The van der Waals surface area contributed by atoms with E-state index in [9.17, 15) is 4.79 Å². The van der Waals surface area contributed by atoms with Gasteiger partial charge in [-0.25, -0.2) is 0 Å². The summed E-state index contributed by atoms with van der Waals surface area (Å²) < 4.78 is 0. The molecule has 2 fully saturated rings. The molecule has 0 saturated carbocycles. The Morgan fingerprint density at radius 3 is 2.57 bits per heavy atom. The van der Waals surface area contributed by atoms with Crippen LogP contribution in [0.1, 0.15) is 51.0 Å². The highest BCUT2D eigenvalue weighted by Gasteiger charge is 2.37. The van der Waals surface area contributed by atoms with Crippen molar-refractivity contribution in [3.63, 3.8) is 0 Å². The Labute approximate surface area is 139 Å². The first-order valence-corrected chi connectivity index (χ1v) is 9.05. The van der Waals surface area contributed by atoms with Crippen LogP contribution >= 0.6 is 0 Å². The van der Waals surface area contributed by atoms with Gasteiger partial charge in [0.25, 0.3) is 0 Å².